The molecule has 106 valence electrons. The van der Waals surface area contributed by atoms with Gasteiger partial charge in [-0.3, -0.25) is 4.79 Å². The number of carbonyl (C=O) groups is 1. The smallest absolute Gasteiger partial charge is 0.221 e. The summed E-state index contributed by atoms with van der Waals surface area (Å²) in [6, 6.07) is -0.263. The highest BCUT2D eigenvalue weighted by atomic mass is 32.2. The Morgan fingerprint density at radius 2 is 2.28 bits per heavy atom. The van der Waals surface area contributed by atoms with Crippen LogP contribution in [0.1, 0.15) is 13.3 Å². The Balaban J connectivity index is 2.27. The van der Waals surface area contributed by atoms with Gasteiger partial charge >= 0.3 is 0 Å². The lowest BCUT2D eigenvalue weighted by molar-refractivity contribution is -0.121. The van der Waals surface area contributed by atoms with Crippen LogP contribution < -0.4 is 10.6 Å². The summed E-state index contributed by atoms with van der Waals surface area (Å²) in [5.41, 5.74) is 0. The van der Waals surface area contributed by atoms with E-state index in [-0.39, 0.29) is 35.8 Å². The number of sulfone groups is 1. The predicted molar refractivity (Wildman–Crippen MR) is 69.1 cm³/mol. The number of nitrogens with one attached hydrogen (secondary N) is 2. The molecule has 18 heavy (non-hydrogen) atoms. The van der Waals surface area contributed by atoms with E-state index in [9.17, 15) is 13.2 Å². The van der Waals surface area contributed by atoms with Gasteiger partial charge in [0.15, 0.2) is 9.84 Å². The average Bonchev–Trinajstić information content (AvgIpc) is 2.25. The first-order chi connectivity index (χ1) is 8.43. The third-order valence-corrected chi connectivity index (χ3v) is 4.57. The van der Waals surface area contributed by atoms with E-state index in [0.29, 0.717) is 19.7 Å². The molecule has 1 aliphatic rings. The molecule has 0 spiro atoms. The Kier molecular flexibility index (Phi) is 6.04. The molecule has 0 aromatic rings. The van der Waals surface area contributed by atoms with Gasteiger partial charge in [0.25, 0.3) is 0 Å². The summed E-state index contributed by atoms with van der Waals surface area (Å²) >= 11 is 0. The first-order valence-electron chi connectivity index (χ1n) is 6.12. The van der Waals surface area contributed by atoms with E-state index in [0.717, 1.165) is 0 Å². The molecule has 7 heteroatoms. The lowest BCUT2D eigenvalue weighted by Crippen LogP contribution is -2.47. The van der Waals surface area contributed by atoms with Crippen molar-refractivity contribution in [1.82, 2.24) is 10.6 Å². The summed E-state index contributed by atoms with van der Waals surface area (Å²) in [7, 11) is -1.36. The summed E-state index contributed by atoms with van der Waals surface area (Å²) in [5, 5.41) is 5.84. The summed E-state index contributed by atoms with van der Waals surface area (Å²) in [4.78, 5) is 11.6. The molecule has 0 radical (unpaired) electrons. The first-order valence-corrected chi connectivity index (χ1v) is 7.94. The lowest BCUT2D eigenvalue weighted by Gasteiger charge is -2.23. The second-order valence-electron chi connectivity index (χ2n) is 4.83. The van der Waals surface area contributed by atoms with Gasteiger partial charge in [0.1, 0.15) is 0 Å². The van der Waals surface area contributed by atoms with Crippen LogP contribution in [0.3, 0.4) is 0 Å². The average molecular weight is 278 g/mol. The standard InChI is InChI=1S/C11H22N2O4S/c1-9(7-17-2)6-13-11(14)5-10-8-18(15,16)4-3-12-10/h9-10,12H,3-8H2,1-2H3,(H,13,14). The first kappa shape index (κ1) is 15.4. The molecular weight excluding hydrogens is 256 g/mol. The molecule has 0 aliphatic carbocycles. The molecule has 0 saturated carbocycles. The van der Waals surface area contributed by atoms with Gasteiger partial charge in [-0.2, -0.15) is 0 Å². The number of ether oxygens (including phenoxy) is 1. The van der Waals surface area contributed by atoms with Gasteiger partial charge in [0.2, 0.25) is 5.91 Å². The van der Waals surface area contributed by atoms with Crippen LogP contribution in [0.5, 0.6) is 0 Å². The Morgan fingerprint density at radius 1 is 1.56 bits per heavy atom. The zero-order valence-electron chi connectivity index (χ0n) is 10.9. The second kappa shape index (κ2) is 7.06. The van der Waals surface area contributed by atoms with Crippen molar-refractivity contribution in [3.63, 3.8) is 0 Å². The van der Waals surface area contributed by atoms with Gasteiger partial charge in [-0.25, -0.2) is 8.42 Å². The monoisotopic (exact) mass is 278 g/mol. The second-order valence-corrected chi connectivity index (χ2v) is 7.06. The van der Waals surface area contributed by atoms with Crippen molar-refractivity contribution < 1.29 is 17.9 Å². The number of hydrogen-bond donors (Lipinski definition) is 2. The van der Waals surface area contributed by atoms with Crippen LogP contribution >= 0.6 is 0 Å². The molecule has 0 aromatic carbocycles. The summed E-state index contributed by atoms with van der Waals surface area (Å²) < 4.78 is 27.8. The normalized spacial score (nSPS) is 24.4. The fourth-order valence-electron chi connectivity index (χ4n) is 1.93. The Labute approximate surface area is 108 Å². The third-order valence-electron chi connectivity index (χ3n) is 2.83. The van der Waals surface area contributed by atoms with E-state index in [1.165, 1.54) is 0 Å². The van der Waals surface area contributed by atoms with Gasteiger partial charge in [-0.1, -0.05) is 6.92 Å². The quantitative estimate of drug-likeness (QED) is 0.662. The number of methoxy groups -OCH3 is 1. The molecule has 0 bridgehead atoms. The van der Waals surface area contributed by atoms with Crippen LogP contribution in [0, 0.1) is 5.92 Å². The summed E-state index contributed by atoms with van der Waals surface area (Å²) in [6.07, 6.45) is 0.207. The molecule has 2 atom stereocenters. The van der Waals surface area contributed by atoms with Gasteiger partial charge in [0.05, 0.1) is 18.1 Å². The van der Waals surface area contributed by atoms with E-state index in [1.807, 2.05) is 6.92 Å². The van der Waals surface area contributed by atoms with Crippen molar-refractivity contribution in [3.05, 3.63) is 0 Å². The topological polar surface area (TPSA) is 84.5 Å². The van der Waals surface area contributed by atoms with Crippen molar-refractivity contribution in [1.29, 1.82) is 0 Å². The maximum Gasteiger partial charge on any atom is 0.221 e. The van der Waals surface area contributed by atoms with Crippen LogP contribution in [0.2, 0.25) is 0 Å². The van der Waals surface area contributed by atoms with Crippen molar-refractivity contribution in [3.8, 4) is 0 Å². The van der Waals surface area contributed by atoms with E-state index in [1.54, 1.807) is 7.11 Å². The highest BCUT2D eigenvalue weighted by Gasteiger charge is 2.25. The molecule has 1 heterocycles. The van der Waals surface area contributed by atoms with Crippen LogP contribution in [-0.2, 0) is 19.4 Å². The minimum Gasteiger partial charge on any atom is -0.384 e. The van der Waals surface area contributed by atoms with E-state index in [4.69, 9.17) is 4.74 Å². The molecule has 1 fully saturated rings. The Bertz CT molecular complexity index is 369. The van der Waals surface area contributed by atoms with E-state index in [2.05, 4.69) is 10.6 Å². The van der Waals surface area contributed by atoms with Crippen LogP contribution in [0.4, 0.5) is 0 Å². The maximum absolute atomic E-state index is 11.6. The summed E-state index contributed by atoms with van der Waals surface area (Å²) in [5.74, 6) is 0.346. The fraction of sp³-hybridized carbons (Fsp3) is 0.909. The molecule has 2 unspecified atom stereocenters. The number of amides is 1. The van der Waals surface area contributed by atoms with Crippen LogP contribution in [0.25, 0.3) is 0 Å². The minimum atomic E-state index is -2.98. The predicted octanol–water partition coefficient (Wildman–Crippen LogP) is -0.838. The minimum absolute atomic E-state index is 0.0496. The molecule has 1 amide bonds. The highest BCUT2D eigenvalue weighted by molar-refractivity contribution is 7.91. The Morgan fingerprint density at radius 3 is 2.89 bits per heavy atom. The molecule has 2 N–H and O–H groups in total. The van der Waals surface area contributed by atoms with Crippen molar-refractivity contribution in [2.45, 2.75) is 19.4 Å². The number of carbonyl (C=O) groups excluding carboxylic acids is 1. The lowest BCUT2D eigenvalue weighted by atomic mass is 10.2. The number of rotatable bonds is 6. The number of hydrogen-bond acceptors (Lipinski definition) is 5. The zero-order chi connectivity index (χ0) is 13.6. The highest BCUT2D eigenvalue weighted by Crippen LogP contribution is 2.05. The Hall–Kier alpha value is -0.660. The van der Waals surface area contributed by atoms with Crippen molar-refractivity contribution in [2.24, 2.45) is 5.92 Å². The van der Waals surface area contributed by atoms with Gasteiger partial charge in [0, 0.05) is 32.7 Å². The molecular formula is C11H22N2O4S. The van der Waals surface area contributed by atoms with Gasteiger partial charge < -0.3 is 15.4 Å². The molecule has 6 nitrogen and oxygen atoms in total. The molecule has 0 aromatic heterocycles. The van der Waals surface area contributed by atoms with Crippen molar-refractivity contribution in [2.75, 3.05) is 38.3 Å². The maximum atomic E-state index is 11.6. The third kappa shape index (κ3) is 5.79. The van der Waals surface area contributed by atoms with Crippen molar-refractivity contribution >= 4 is 15.7 Å². The van der Waals surface area contributed by atoms with Crippen LogP contribution in [0.15, 0.2) is 0 Å². The van der Waals surface area contributed by atoms with Gasteiger partial charge in [-0.05, 0) is 5.92 Å². The van der Waals surface area contributed by atoms with Crippen LogP contribution in [-0.4, -0.2) is 58.7 Å². The van der Waals surface area contributed by atoms with Gasteiger partial charge in [-0.15, -0.1) is 0 Å². The summed E-state index contributed by atoms with van der Waals surface area (Å²) in [6.45, 7) is 3.55. The van der Waals surface area contributed by atoms with E-state index < -0.39 is 9.84 Å². The largest absolute Gasteiger partial charge is 0.384 e. The molecule has 1 rings (SSSR count). The molecule has 1 aliphatic heterocycles. The van der Waals surface area contributed by atoms with E-state index >= 15 is 0 Å². The zero-order valence-corrected chi connectivity index (χ0v) is 11.8. The fourth-order valence-corrected chi connectivity index (χ4v) is 3.37. The SMILES string of the molecule is COCC(C)CNC(=O)CC1CS(=O)(=O)CCN1. The molecule has 1 saturated heterocycles.